The number of nitrogens with one attached hydrogen (secondary N) is 3. The summed E-state index contributed by atoms with van der Waals surface area (Å²) in [7, 11) is 0. The summed E-state index contributed by atoms with van der Waals surface area (Å²) in [4.78, 5) is 18.7. The van der Waals surface area contributed by atoms with E-state index in [1.165, 1.54) is 10.9 Å². The Morgan fingerprint density at radius 1 is 0.960 bits per heavy atom. The van der Waals surface area contributed by atoms with Crippen molar-refractivity contribution in [1.29, 1.82) is 0 Å². The predicted octanol–water partition coefficient (Wildman–Crippen LogP) is 4.20. The molecule has 0 bridgehead atoms. The Morgan fingerprint density at radius 3 is 2.60 bits per heavy atom. The number of hydrogen-bond acceptors (Lipinski definition) is 1. The van der Waals surface area contributed by atoms with Gasteiger partial charge in [-0.1, -0.05) is 29.8 Å². The highest BCUT2D eigenvalue weighted by Gasteiger charge is 2.10. The molecule has 0 saturated carbocycles. The summed E-state index contributed by atoms with van der Waals surface area (Å²) in [5.41, 5.74) is 4.29. The molecular weight excluding hydrogens is 334 g/mol. The molecule has 2 aromatic carbocycles. The van der Waals surface area contributed by atoms with Crippen LogP contribution in [-0.4, -0.2) is 22.4 Å². The van der Waals surface area contributed by atoms with E-state index >= 15 is 0 Å². The summed E-state index contributed by atoms with van der Waals surface area (Å²) in [6, 6.07) is 13.8. The van der Waals surface area contributed by atoms with Crippen LogP contribution in [0.1, 0.15) is 11.1 Å². The fourth-order valence-electron chi connectivity index (χ4n) is 3.21. The molecule has 4 aromatic rings. The molecule has 0 aliphatic rings. The maximum atomic E-state index is 12.3. The van der Waals surface area contributed by atoms with Crippen LogP contribution in [0.2, 0.25) is 5.02 Å². The van der Waals surface area contributed by atoms with Crippen LogP contribution >= 0.6 is 11.6 Å². The third-order valence-corrected chi connectivity index (χ3v) is 4.71. The number of fused-ring (bicyclic) bond motifs is 2. The lowest BCUT2D eigenvalue weighted by atomic mass is 10.1. The molecule has 0 radical (unpaired) electrons. The van der Waals surface area contributed by atoms with Gasteiger partial charge in [-0.05, 0) is 41.8 Å². The standard InChI is InChI=1S/C20H18ClN3O/c21-15-5-6-19-17(10-15)14(12-24-19)9-20(25)22-8-7-13-11-23-18-4-2-1-3-16(13)18/h1-6,10-12,23-24H,7-9H2,(H,22,25). The van der Waals surface area contributed by atoms with E-state index in [0.717, 1.165) is 28.4 Å². The number of carbonyl (C=O) groups is 1. The van der Waals surface area contributed by atoms with Crippen molar-refractivity contribution < 1.29 is 4.79 Å². The number of rotatable bonds is 5. The highest BCUT2D eigenvalue weighted by atomic mass is 35.5. The van der Waals surface area contributed by atoms with Gasteiger partial charge >= 0.3 is 0 Å². The Kier molecular flexibility index (Phi) is 4.20. The predicted molar refractivity (Wildman–Crippen MR) is 102 cm³/mol. The Hall–Kier alpha value is -2.72. The van der Waals surface area contributed by atoms with Crippen molar-refractivity contribution in [2.45, 2.75) is 12.8 Å². The van der Waals surface area contributed by atoms with Crippen molar-refractivity contribution in [2.75, 3.05) is 6.54 Å². The second-order valence-electron chi connectivity index (χ2n) is 6.14. The van der Waals surface area contributed by atoms with E-state index < -0.39 is 0 Å². The Balaban J connectivity index is 1.38. The zero-order chi connectivity index (χ0) is 17.2. The Bertz CT molecular complexity index is 1050. The van der Waals surface area contributed by atoms with Crippen LogP contribution in [0.15, 0.2) is 54.9 Å². The van der Waals surface area contributed by atoms with Gasteiger partial charge in [-0.25, -0.2) is 0 Å². The largest absolute Gasteiger partial charge is 0.361 e. The average Bonchev–Trinajstić information content (AvgIpc) is 3.20. The van der Waals surface area contributed by atoms with E-state index in [9.17, 15) is 4.79 Å². The lowest BCUT2D eigenvalue weighted by Crippen LogP contribution is -2.27. The van der Waals surface area contributed by atoms with Gasteiger partial charge in [0.2, 0.25) is 5.91 Å². The van der Waals surface area contributed by atoms with Gasteiger partial charge in [-0.2, -0.15) is 0 Å². The van der Waals surface area contributed by atoms with Crippen LogP contribution < -0.4 is 5.32 Å². The number of carbonyl (C=O) groups excluding carboxylic acids is 1. The number of para-hydroxylation sites is 1. The fourth-order valence-corrected chi connectivity index (χ4v) is 3.38. The van der Waals surface area contributed by atoms with Crippen LogP contribution in [0.25, 0.3) is 21.8 Å². The van der Waals surface area contributed by atoms with Gasteiger partial charge in [0, 0.05) is 45.8 Å². The zero-order valence-corrected chi connectivity index (χ0v) is 14.4. The smallest absolute Gasteiger partial charge is 0.224 e. The molecule has 0 fully saturated rings. The molecular formula is C20H18ClN3O. The monoisotopic (exact) mass is 351 g/mol. The first-order valence-corrected chi connectivity index (χ1v) is 8.66. The number of aromatic nitrogens is 2. The maximum absolute atomic E-state index is 12.3. The first-order chi connectivity index (χ1) is 12.2. The lowest BCUT2D eigenvalue weighted by molar-refractivity contribution is -0.120. The molecule has 0 atom stereocenters. The van der Waals surface area contributed by atoms with Crippen LogP contribution in [0, 0.1) is 0 Å². The van der Waals surface area contributed by atoms with Gasteiger partial charge in [-0.15, -0.1) is 0 Å². The minimum absolute atomic E-state index is 0.0146. The van der Waals surface area contributed by atoms with Crippen LogP contribution in [0.4, 0.5) is 0 Å². The highest BCUT2D eigenvalue weighted by molar-refractivity contribution is 6.31. The van der Waals surface area contributed by atoms with Gasteiger partial charge in [0.1, 0.15) is 0 Å². The Morgan fingerprint density at radius 2 is 1.72 bits per heavy atom. The van der Waals surface area contributed by atoms with E-state index in [1.807, 2.05) is 42.7 Å². The molecule has 0 spiro atoms. The molecule has 0 aliphatic carbocycles. The second-order valence-corrected chi connectivity index (χ2v) is 6.58. The first-order valence-electron chi connectivity index (χ1n) is 8.28. The summed E-state index contributed by atoms with van der Waals surface area (Å²) in [5, 5.41) is 5.89. The van der Waals surface area contributed by atoms with E-state index in [4.69, 9.17) is 11.6 Å². The number of hydrogen-bond donors (Lipinski definition) is 3. The van der Waals surface area contributed by atoms with E-state index in [2.05, 4.69) is 27.4 Å². The summed E-state index contributed by atoms with van der Waals surface area (Å²) in [6.45, 7) is 0.615. The summed E-state index contributed by atoms with van der Waals surface area (Å²) in [6.07, 6.45) is 5.03. The van der Waals surface area contributed by atoms with Crippen molar-refractivity contribution in [2.24, 2.45) is 0 Å². The minimum atomic E-state index is 0.0146. The van der Waals surface area contributed by atoms with Gasteiger partial charge in [0.25, 0.3) is 0 Å². The van der Waals surface area contributed by atoms with Crippen LogP contribution in [0.3, 0.4) is 0 Å². The molecule has 5 heteroatoms. The number of H-pyrrole nitrogens is 2. The van der Waals surface area contributed by atoms with Crippen molar-refractivity contribution in [1.82, 2.24) is 15.3 Å². The Labute approximate surface area is 150 Å². The summed E-state index contributed by atoms with van der Waals surface area (Å²) >= 11 is 6.06. The third kappa shape index (κ3) is 3.26. The fraction of sp³-hybridized carbons (Fsp3) is 0.150. The summed E-state index contributed by atoms with van der Waals surface area (Å²) < 4.78 is 0. The summed E-state index contributed by atoms with van der Waals surface area (Å²) in [5.74, 6) is 0.0146. The van der Waals surface area contributed by atoms with E-state index in [-0.39, 0.29) is 5.91 Å². The SMILES string of the molecule is O=C(Cc1c[nH]c2ccc(Cl)cc12)NCCc1c[nH]c2ccccc12. The topological polar surface area (TPSA) is 60.7 Å². The van der Waals surface area contributed by atoms with E-state index in [0.29, 0.717) is 18.0 Å². The highest BCUT2D eigenvalue weighted by Crippen LogP contribution is 2.22. The number of amides is 1. The van der Waals surface area contributed by atoms with Crippen LogP contribution in [-0.2, 0) is 17.6 Å². The molecule has 4 nitrogen and oxygen atoms in total. The van der Waals surface area contributed by atoms with Gasteiger partial charge in [0.15, 0.2) is 0 Å². The second kappa shape index (κ2) is 6.65. The first kappa shape index (κ1) is 15.8. The molecule has 2 heterocycles. The van der Waals surface area contributed by atoms with Crippen molar-refractivity contribution >= 4 is 39.3 Å². The molecule has 0 aliphatic heterocycles. The quantitative estimate of drug-likeness (QED) is 0.495. The third-order valence-electron chi connectivity index (χ3n) is 4.47. The zero-order valence-electron chi connectivity index (χ0n) is 13.6. The molecule has 126 valence electrons. The average molecular weight is 352 g/mol. The van der Waals surface area contributed by atoms with Crippen molar-refractivity contribution in [3.05, 3.63) is 71.0 Å². The number of halogens is 1. The van der Waals surface area contributed by atoms with Gasteiger partial charge in [0.05, 0.1) is 6.42 Å². The molecule has 4 rings (SSSR count). The number of aromatic amines is 2. The lowest BCUT2D eigenvalue weighted by Gasteiger charge is -2.05. The van der Waals surface area contributed by atoms with E-state index in [1.54, 1.807) is 0 Å². The molecule has 2 aromatic heterocycles. The van der Waals surface area contributed by atoms with Crippen molar-refractivity contribution in [3.8, 4) is 0 Å². The van der Waals surface area contributed by atoms with Gasteiger partial charge in [-0.3, -0.25) is 4.79 Å². The minimum Gasteiger partial charge on any atom is -0.361 e. The normalized spacial score (nSPS) is 11.2. The van der Waals surface area contributed by atoms with Gasteiger partial charge < -0.3 is 15.3 Å². The maximum Gasteiger partial charge on any atom is 0.224 e. The number of benzene rings is 2. The molecule has 25 heavy (non-hydrogen) atoms. The van der Waals surface area contributed by atoms with Crippen LogP contribution in [0.5, 0.6) is 0 Å². The molecule has 0 unspecified atom stereocenters. The van der Waals surface area contributed by atoms with Crippen molar-refractivity contribution in [3.63, 3.8) is 0 Å². The molecule has 3 N–H and O–H groups in total. The molecule has 1 amide bonds. The molecule has 0 saturated heterocycles.